The van der Waals surface area contributed by atoms with E-state index in [1.54, 1.807) is 42.5 Å². The number of phenols is 1. The fourth-order valence-corrected chi connectivity index (χ4v) is 1.92. The molecule has 1 amide bonds. The zero-order valence-corrected chi connectivity index (χ0v) is 13.1. The number of carbonyl (C=O) groups excluding carboxylic acids is 1. The maximum absolute atomic E-state index is 11.9. The van der Waals surface area contributed by atoms with Gasteiger partial charge in [-0.05, 0) is 48.0 Å². The number of amides is 1. The molecule has 0 radical (unpaired) electrons. The fourth-order valence-electron chi connectivity index (χ4n) is 1.92. The Kier molecular flexibility index (Phi) is 5.40. The van der Waals surface area contributed by atoms with Gasteiger partial charge in [0, 0.05) is 11.8 Å². The standard InChI is InChI=1S/C17H18N4O3/c1-24-15-10-11(2-8-14(15)22)3-9-16(23)20-12-4-6-13(7-5-12)21-17(18)19/h2-10,22H,1H3,(H,20,23)(H4,18,19,21)/b9-3+. The second-order valence-electron chi connectivity index (χ2n) is 4.84. The number of hydrogen-bond donors (Lipinski definition) is 4. The van der Waals surface area contributed by atoms with Gasteiger partial charge in [0.25, 0.3) is 0 Å². The number of hydrogen-bond acceptors (Lipinski definition) is 4. The normalized spacial score (nSPS) is 10.4. The molecule has 7 heteroatoms. The highest BCUT2D eigenvalue weighted by Crippen LogP contribution is 2.26. The molecule has 2 aromatic carbocycles. The van der Waals surface area contributed by atoms with Crippen molar-refractivity contribution in [2.75, 3.05) is 12.4 Å². The lowest BCUT2D eigenvalue weighted by molar-refractivity contribution is -0.111. The molecule has 0 aliphatic carbocycles. The van der Waals surface area contributed by atoms with Gasteiger partial charge in [-0.2, -0.15) is 0 Å². The number of phenolic OH excluding ortho intramolecular Hbond substituents is 1. The van der Waals surface area contributed by atoms with Gasteiger partial charge in [-0.25, -0.2) is 4.99 Å². The molecule has 0 atom stereocenters. The van der Waals surface area contributed by atoms with Crippen LogP contribution in [0.4, 0.5) is 11.4 Å². The first-order chi connectivity index (χ1) is 11.5. The Labute approximate surface area is 139 Å². The lowest BCUT2D eigenvalue weighted by Crippen LogP contribution is -2.21. The number of nitrogens with zero attached hydrogens (tertiary/aromatic N) is 1. The molecule has 7 nitrogen and oxygen atoms in total. The zero-order valence-electron chi connectivity index (χ0n) is 13.1. The number of nitrogens with two attached hydrogens (primary N) is 2. The van der Waals surface area contributed by atoms with Gasteiger partial charge in [0.15, 0.2) is 17.5 Å². The quantitative estimate of drug-likeness (QED) is 0.380. The SMILES string of the molecule is COc1cc(/C=C/C(=O)Nc2ccc(N=C(N)N)cc2)ccc1O. The first kappa shape index (κ1) is 16.9. The Hall–Kier alpha value is -3.48. The number of aliphatic imine (C=N–C) groups is 1. The van der Waals surface area contributed by atoms with Crippen LogP contribution in [-0.2, 0) is 4.79 Å². The minimum absolute atomic E-state index is 0.0287. The van der Waals surface area contributed by atoms with Gasteiger partial charge in [0.05, 0.1) is 12.8 Å². The van der Waals surface area contributed by atoms with Crippen LogP contribution >= 0.6 is 0 Å². The summed E-state index contributed by atoms with van der Waals surface area (Å²) in [5.74, 6) is 0.0588. The van der Waals surface area contributed by atoms with Crippen LogP contribution in [0.15, 0.2) is 53.5 Å². The summed E-state index contributed by atoms with van der Waals surface area (Å²) in [6, 6.07) is 11.6. The number of benzene rings is 2. The highest BCUT2D eigenvalue weighted by Gasteiger charge is 2.02. The van der Waals surface area contributed by atoms with Gasteiger partial charge in [-0.15, -0.1) is 0 Å². The summed E-state index contributed by atoms with van der Waals surface area (Å²) in [6.07, 6.45) is 3.00. The van der Waals surface area contributed by atoms with E-state index in [1.807, 2.05) is 0 Å². The number of anilines is 1. The van der Waals surface area contributed by atoms with E-state index in [0.29, 0.717) is 17.1 Å². The highest BCUT2D eigenvalue weighted by atomic mass is 16.5. The van der Waals surface area contributed by atoms with E-state index < -0.39 is 0 Å². The molecule has 6 N–H and O–H groups in total. The third kappa shape index (κ3) is 4.77. The third-order valence-corrected chi connectivity index (χ3v) is 3.02. The molecule has 0 unspecified atom stereocenters. The maximum Gasteiger partial charge on any atom is 0.248 e. The van der Waals surface area contributed by atoms with Crippen LogP contribution in [0.25, 0.3) is 6.08 Å². The van der Waals surface area contributed by atoms with Gasteiger partial charge in [0.2, 0.25) is 5.91 Å². The lowest BCUT2D eigenvalue weighted by atomic mass is 10.2. The lowest BCUT2D eigenvalue weighted by Gasteiger charge is -2.04. The molecule has 0 spiro atoms. The van der Waals surface area contributed by atoms with Gasteiger partial charge in [0.1, 0.15) is 0 Å². The maximum atomic E-state index is 11.9. The molecule has 0 bridgehead atoms. The molecule has 0 heterocycles. The van der Waals surface area contributed by atoms with Crippen molar-refractivity contribution in [2.24, 2.45) is 16.5 Å². The summed E-state index contributed by atoms with van der Waals surface area (Å²) < 4.78 is 5.01. The van der Waals surface area contributed by atoms with E-state index in [4.69, 9.17) is 16.2 Å². The molecule has 2 rings (SSSR count). The Bertz CT molecular complexity index is 779. The van der Waals surface area contributed by atoms with Crippen molar-refractivity contribution < 1.29 is 14.6 Å². The number of aromatic hydroxyl groups is 1. The molecule has 0 aliphatic heterocycles. The molecule has 0 aliphatic rings. The summed E-state index contributed by atoms with van der Waals surface area (Å²) in [6.45, 7) is 0. The second-order valence-corrected chi connectivity index (χ2v) is 4.84. The monoisotopic (exact) mass is 326 g/mol. The van der Waals surface area contributed by atoms with E-state index in [-0.39, 0.29) is 17.6 Å². The number of carbonyl (C=O) groups is 1. The summed E-state index contributed by atoms with van der Waals surface area (Å²) in [4.78, 5) is 15.8. The minimum atomic E-state index is -0.295. The van der Waals surface area contributed by atoms with E-state index in [2.05, 4.69) is 10.3 Å². The highest BCUT2D eigenvalue weighted by molar-refractivity contribution is 6.02. The summed E-state index contributed by atoms with van der Waals surface area (Å²) >= 11 is 0. The smallest absolute Gasteiger partial charge is 0.248 e. The van der Waals surface area contributed by atoms with Crippen molar-refractivity contribution in [3.63, 3.8) is 0 Å². The molecule has 2 aromatic rings. The molecule has 124 valence electrons. The molecule has 24 heavy (non-hydrogen) atoms. The Morgan fingerprint density at radius 2 is 1.92 bits per heavy atom. The van der Waals surface area contributed by atoms with Crippen LogP contribution in [0.3, 0.4) is 0 Å². The van der Waals surface area contributed by atoms with Crippen LogP contribution in [0.1, 0.15) is 5.56 Å². The third-order valence-electron chi connectivity index (χ3n) is 3.02. The summed E-state index contributed by atoms with van der Waals surface area (Å²) in [5, 5.41) is 12.2. The van der Waals surface area contributed by atoms with Crippen molar-refractivity contribution in [3.05, 3.63) is 54.1 Å². The van der Waals surface area contributed by atoms with Crippen LogP contribution in [0.5, 0.6) is 11.5 Å². The molecule has 0 aromatic heterocycles. The van der Waals surface area contributed by atoms with Crippen molar-refractivity contribution in [2.45, 2.75) is 0 Å². The first-order valence-electron chi connectivity index (χ1n) is 7.03. The average molecular weight is 326 g/mol. The Morgan fingerprint density at radius 3 is 2.54 bits per heavy atom. The first-order valence-corrected chi connectivity index (χ1v) is 7.03. The van der Waals surface area contributed by atoms with Crippen molar-refractivity contribution >= 4 is 29.3 Å². The number of ether oxygens (including phenoxy) is 1. The van der Waals surface area contributed by atoms with E-state index in [1.165, 1.54) is 19.3 Å². The van der Waals surface area contributed by atoms with E-state index >= 15 is 0 Å². The zero-order chi connectivity index (χ0) is 17.5. The van der Waals surface area contributed by atoms with Crippen molar-refractivity contribution in [1.82, 2.24) is 0 Å². The van der Waals surface area contributed by atoms with Gasteiger partial charge in [-0.3, -0.25) is 4.79 Å². The molecule has 0 saturated carbocycles. The predicted octanol–water partition coefficient (Wildman–Crippen LogP) is 1.96. The minimum Gasteiger partial charge on any atom is -0.504 e. The summed E-state index contributed by atoms with van der Waals surface area (Å²) in [5.41, 5.74) is 12.5. The number of guanidine groups is 1. The average Bonchev–Trinajstić information content (AvgIpc) is 2.55. The van der Waals surface area contributed by atoms with E-state index in [9.17, 15) is 9.90 Å². The van der Waals surface area contributed by atoms with Crippen molar-refractivity contribution in [3.8, 4) is 11.5 Å². The van der Waals surface area contributed by atoms with Gasteiger partial charge < -0.3 is 26.6 Å². The number of methoxy groups -OCH3 is 1. The largest absolute Gasteiger partial charge is 0.504 e. The second kappa shape index (κ2) is 7.68. The molecular weight excluding hydrogens is 308 g/mol. The Balaban J connectivity index is 2.01. The van der Waals surface area contributed by atoms with Crippen LogP contribution in [0.2, 0.25) is 0 Å². The van der Waals surface area contributed by atoms with Crippen molar-refractivity contribution in [1.29, 1.82) is 0 Å². The fraction of sp³-hybridized carbons (Fsp3) is 0.0588. The predicted molar refractivity (Wildman–Crippen MR) is 94.2 cm³/mol. The van der Waals surface area contributed by atoms with E-state index in [0.717, 1.165) is 5.56 Å². The van der Waals surface area contributed by atoms with Crippen LogP contribution < -0.4 is 21.5 Å². The van der Waals surface area contributed by atoms with Crippen LogP contribution in [0, 0.1) is 0 Å². The number of nitrogens with one attached hydrogen (secondary N) is 1. The molecule has 0 saturated heterocycles. The van der Waals surface area contributed by atoms with Crippen LogP contribution in [-0.4, -0.2) is 24.1 Å². The Morgan fingerprint density at radius 1 is 1.21 bits per heavy atom. The topological polar surface area (TPSA) is 123 Å². The number of rotatable bonds is 5. The van der Waals surface area contributed by atoms with Gasteiger partial charge in [-0.1, -0.05) is 6.07 Å². The van der Waals surface area contributed by atoms with Gasteiger partial charge >= 0.3 is 0 Å². The molecule has 0 fully saturated rings. The molecular formula is C17H18N4O3. The summed E-state index contributed by atoms with van der Waals surface area (Å²) in [7, 11) is 1.46.